The topological polar surface area (TPSA) is 89.4 Å². The molecule has 8 heteroatoms. The Hall–Kier alpha value is -2.64. The zero-order valence-corrected chi connectivity index (χ0v) is 15.1. The van der Waals surface area contributed by atoms with Gasteiger partial charge in [0.05, 0.1) is 19.4 Å². The minimum atomic E-state index is -0.288. The standard InChI is InChI=1S/C18H25N5O3/c1-2-26-16(24)7-9-20-18(25)22-10-4-5-14(11-22)12-23-13-21-15-6-3-8-19-17(15)23/h3,6,8,13-14H,2,4-5,7,9-12H2,1H3,(H,20,25). The number of hydrogen-bond donors (Lipinski definition) is 1. The van der Waals surface area contributed by atoms with Crippen molar-refractivity contribution in [2.24, 2.45) is 5.92 Å². The van der Waals surface area contributed by atoms with E-state index in [1.165, 1.54) is 0 Å². The summed E-state index contributed by atoms with van der Waals surface area (Å²) < 4.78 is 6.92. The summed E-state index contributed by atoms with van der Waals surface area (Å²) in [5.74, 6) is 0.0720. The summed E-state index contributed by atoms with van der Waals surface area (Å²) >= 11 is 0. The van der Waals surface area contributed by atoms with Gasteiger partial charge in [0.15, 0.2) is 5.65 Å². The van der Waals surface area contributed by atoms with Crippen molar-refractivity contribution in [2.75, 3.05) is 26.2 Å². The highest BCUT2D eigenvalue weighted by Crippen LogP contribution is 2.20. The molecule has 0 spiro atoms. The molecule has 140 valence electrons. The molecule has 1 aliphatic heterocycles. The van der Waals surface area contributed by atoms with Gasteiger partial charge in [-0.05, 0) is 37.8 Å². The van der Waals surface area contributed by atoms with Crippen LogP contribution in [-0.4, -0.2) is 57.7 Å². The molecule has 1 unspecified atom stereocenters. The van der Waals surface area contributed by atoms with Crippen LogP contribution >= 0.6 is 0 Å². The molecule has 1 atom stereocenters. The van der Waals surface area contributed by atoms with Gasteiger partial charge in [-0.3, -0.25) is 4.79 Å². The van der Waals surface area contributed by atoms with Gasteiger partial charge in [-0.25, -0.2) is 14.8 Å². The average Bonchev–Trinajstić information content (AvgIpc) is 3.05. The predicted molar refractivity (Wildman–Crippen MR) is 96.5 cm³/mol. The van der Waals surface area contributed by atoms with Crippen LogP contribution in [0.5, 0.6) is 0 Å². The maximum absolute atomic E-state index is 12.3. The molecule has 1 fully saturated rings. The second-order valence-electron chi connectivity index (χ2n) is 6.48. The molecule has 0 bridgehead atoms. The number of nitrogens with zero attached hydrogens (tertiary/aromatic N) is 4. The molecular weight excluding hydrogens is 334 g/mol. The van der Waals surface area contributed by atoms with Gasteiger partial charge in [-0.1, -0.05) is 0 Å². The van der Waals surface area contributed by atoms with Crippen molar-refractivity contribution < 1.29 is 14.3 Å². The van der Waals surface area contributed by atoms with Crippen molar-refractivity contribution in [1.82, 2.24) is 24.8 Å². The molecule has 3 rings (SSSR count). The molecule has 2 amide bonds. The van der Waals surface area contributed by atoms with Gasteiger partial charge in [0.1, 0.15) is 5.52 Å². The number of amides is 2. The Morgan fingerprint density at radius 3 is 3.12 bits per heavy atom. The average molecular weight is 359 g/mol. The van der Waals surface area contributed by atoms with E-state index in [2.05, 4.69) is 19.9 Å². The SMILES string of the molecule is CCOC(=O)CCNC(=O)N1CCCC(Cn2cnc3cccnc32)C1. The fraction of sp³-hybridized carbons (Fsp3) is 0.556. The molecule has 26 heavy (non-hydrogen) atoms. The minimum absolute atomic E-state index is 0.118. The fourth-order valence-corrected chi connectivity index (χ4v) is 3.32. The van der Waals surface area contributed by atoms with Crippen LogP contribution in [0, 0.1) is 5.92 Å². The van der Waals surface area contributed by atoms with Gasteiger partial charge in [0, 0.05) is 32.4 Å². The molecule has 1 N–H and O–H groups in total. The predicted octanol–water partition coefficient (Wildman–Crippen LogP) is 1.81. The maximum Gasteiger partial charge on any atom is 0.317 e. The minimum Gasteiger partial charge on any atom is -0.466 e. The summed E-state index contributed by atoms with van der Waals surface area (Å²) in [5.41, 5.74) is 1.76. The van der Waals surface area contributed by atoms with Crippen molar-refractivity contribution in [2.45, 2.75) is 32.7 Å². The molecule has 1 saturated heterocycles. The first-order valence-electron chi connectivity index (χ1n) is 9.11. The second kappa shape index (κ2) is 8.64. The zero-order chi connectivity index (χ0) is 18.4. The van der Waals surface area contributed by atoms with Gasteiger partial charge in [-0.15, -0.1) is 0 Å². The number of esters is 1. The highest BCUT2D eigenvalue weighted by molar-refractivity contribution is 5.75. The van der Waals surface area contributed by atoms with Crippen LogP contribution in [-0.2, 0) is 16.1 Å². The third kappa shape index (κ3) is 4.50. The largest absolute Gasteiger partial charge is 0.466 e. The molecule has 0 aromatic carbocycles. The molecule has 0 aliphatic carbocycles. The highest BCUT2D eigenvalue weighted by atomic mass is 16.5. The number of ether oxygens (including phenoxy) is 1. The van der Waals surface area contributed by atoms with Gasteiger partial charge in [-0.2, -0.15) is 0 Å². The third-order valence-corrected chi connectivity index (χ3v) is 4.55. The normalized spacial score (nSPS) is 17.3. The van der Waals surface area contributed by atoms with Crippen LogP contribution in [0.25, 0.3) is 11.2 Å². The Bertz CT molecular complexity index is 760. The first-order valence-corrected chi connectivity index (χ1v) is 9.11. The highest BCUT2D eigenvalue weighted by Gasteiger charge is 2.24. The third-order valence-electron chi connectivity index (χ3n) is 4.55. The smallest absolute Gasteiger partial charge is 0.317 e. The lowest BCUT2D eigenvalue weighted by atomic mass is 9.98. The van der Waals surface area contributed by atoms with E-state index in [0.717, 1.165) is 37.1 Å². The van der Waals surface area contributed by atoms with E-state index in [1.807, 2.05) is 23.4 Å². The van der Waals surface area contributed by atoms with Crippen LogP contribution < -0.4 is 5.32 Å². The number of carbonyl (C=O) groups is 2. The first-order chi connectivity index (χ1) is 12.7. The number of aromatic nitrogens is 3. The van der Waals surface area contributed by atoms with Gasteiger partial charge in [0.2, 0.25) is 0 Å². The van der Waals surface area contributed by atoms with E-state index in [4.69, 9.17) is 4.74 Å². The van der Waals surface area contributed by atoms with E-state index >= 15 is 0 Å². The molecular formula is C18H25N5O3. The van der Waals surface area contributed by atoms with Crippen molar-refractivity contribution >= 4 is 23.2 Å². The Balaban J connectivity index is 1.50. The number of hydrogen-bond acceptors (Lipinski definition) is 5. The summed E-state index contributed by atoms with van der Waals surface area (Å²) in [7, 11) is 0. The molecule has 0 saturated carbocycles. The number of imidazole rings is 1. The summed E-state index contributed by atoms with van der Waals surface area (Å²) in [6.45, 7) is 4.65. The quantitative estimate of drug-likeness (QED) is 0.795. The summed E-state index contributed by atoms with van der Waals surface area (Å²) in [6, 6.07) is 3.71. The van der Waals surface area contributed by atoms with E-state index in [9.17, 15) is 9.59 Å². The fourth-order valence-electron chi connectivity index (χ4n) is 3.32. The van der Waals surface area contributed by atoms with Gasteiger partial charge in [0.25, 0.3) is 0 Å². The van der Waals surface area contributed by atoms with Crippen LogP contribution in [0.15, 0.2) is 24.7 Å². The molecule has 2 aromatic rings. The van der Waals surface area contributed by atoms with E-state index in [0.29, 0.717) is 25.6 Å². The van der Waals surface area contributed by atoms with Gasteiger partial charge < -0.3 is 19.5 Å². The van der Waals surface area contributed by atoms with Crippen molar-refractivity contribution in [3.8, 4) is 0 Å². The molecule has 0 radical (unpaired) electrons. The second-order valence-corrected chi connectivity index (χ2v) is 6.48. The van der Waals surface area contributed by atoms with E-state index < -0.39 is 0 Å². The summed E-state index contributed by atoms with van der Waals surface area (Å²) in [6.07, 6.45) is 5.82. The zero-order valence-electron chi connectivity index (χ0n) is 15.1. The number of carbonyl (C=O) groups excluding carboxylic acids is 2. The maximum atomic E-state index is 12.3. The Labute approximate surface area is 152 Å². The number of rotatable bonds is 6. The molecule has 3 heterocycles. The Morgan fingerprint density at radius 2 is 2.27 bits per heavy atom. The number of urea groups is 1. The summed E-state index contributed by atoms with van der Waals surface area (Å²) in [5, 5.41) is 2.81. The van der Waals surface area contributed by atoms with E-state index in [1.54, 1.807) is 13.1 Å². The molecule has 2 aromatic heterocycles. The number of nitrogens with one attached hydrogen (secondary N) is 1. The number of piperidine rings is 1. The number of likely N-dealkylation sites (tertiary alicyclic amines) is 1. The van der Waals surface area contributed by atoms with Gasteiger partial charge >= 0.3 is 12.0 Å². The lowest BCUT2D eigenvalue weighted by Crippen LogP contribution is -2.46. The van der Waals surface area contributed by atoms with Crippen LogP contribution in [0.2, 0.25) is 0 Å². The molecule has 1 aliphatic rings. The Kier molecular flexibility index (Phi) is 6.04. The lowest BCUT2D eigenvalue weighted by Gasteiger charge is -2.33. The monoisotopic (exact) mass is 359 g/mol. The Morgan fingerprint density at radius 1 is 1.38 bits per heavy atom. The summed E-state index contributed by atoms with van der Waals surface area (Å²) in [4.78, 5) is 34.3. The lowest BCUT2D eigenvalue weighted by molar-refractivity contribution is -0.142. The van der Waals surface area contributed by atoms with E-state index in [-0.39, 0.29) is 18.4 Å². The molecule has 8 nitrogen and oxygen atoms in total. The van der Waals surface area contributed by atoms with Crippen molar-refractivity contribution in [3.05, 3.63) is 24.7 Å². The number of pyridine rings is 1. The van der Waals surface area contributed by atoms with Crippen LogP contribution in [0.4, 0.5) is 4.79 Å². The van der Waals surface area contributed by atoms with Crippen molar-refractivity contribution in [1.29, 1.82) is 0 Å². The number of fused-ring (bicyclic) bond motifs is 1. The van der Waals surface area contributed by atoms with Crippen molar-refractivity contribution in [3.63, 3.8) is 0 Å². The van der Waals surface area contributed by atoms with Crippen LogP contribution in [0.1, 0.15) is 26.2 Å². The first kappa shape index (κ1) is 18.2. The van der Waals surface area contributed by atoms with Crippen LogP contribution in [0.3, 0.4) is 0 Å².